The summed E-state index contributed by atoms with van der Waals surface area (Å²) < 4.78 is 1.12. The molecule has 0 aromatic heterocycles. The Morgan fingerprint density at radius 2 is 0.824 bits per heavy atom. The van der Waals surface area contributed by atoms with Crippen molar-refractivity contribution in [2.75, 3.05) is 4.90 Å². The molecule has 162 valence electrons. The van der Waals surface area contributed by atoms with Crippen molar-refractivity contribution < 1.29 is 0 Å². The minimum Gasteiger partial charge on any atom is -0.310 e. The summed E-state index contributed by atoms with van der Waals surface area (Å²) in [4.78, 5) is 2.34. The van der Waals surface area contributed by atoms with Crippen molar-refractivity contribution in [2.24, 2.45) is 0 Å². The topological polar surface area (TPSA) is 3.24 Å². The second-order valence-corrected chi connectivity index (χ2v) is 9.18. The predicted octanol–water partition coefficient (Wildman–Crippen LogP) is 9.89. The van der Waals surface area contributed by atoms with Crippen LogP contribution in [0.5, 0.6) is 0 Å². The normalized spacial score (nSPS) is 11.1. The van der Waals surface area contributed by atoms with Crippen LogP contribution in [0.1, 0.15) is 0 Å². The SMILES string of the molecule is Brc1ccc(-c2ccc(N(c3ccccc3)c3ccccc3)c3ccccc23)c2ccccc12. The number of nitrogens with zero attached hydrogens (tertiary/aromatic N) is 1. The number of rotatable bonds is 4. The zero-order chi connectivity index (χ0) is 22.9. The molecule has 0 unspecified atom stereocenters. The molecule has 0 aliphatic heterocycles. The molecule has 0 atom stereocenters. The van der Waals surface area contributed by atoms with Crippen LogP contribution in [-0.2, 0) is 0 Å². The quantitative estimate of drug-likeness (QED) is 0.233. The van der Waals surface area contributed by atoms with E-state index in [2.05, 4.69) is 154 Å². The van der Waals surface area contributed by atoms with Crippen molar-refractivity contribution >= 4 is 54.5 Å². The third-order valence-electron chi connectivity index (χ3n) is 6.33. The molecule has 0 fully saturated rings. The highest BCUT2D eigenvalue weighted by molar-refractivity contribution is 9.10. The van der Waals surface area contributed by atoms with Gasteiger partial charge in [0.25, 0.3) is 0 Å². The summed E-state index contributed by atoms with van der Waals surface area (Å²) in [6, 6.07) is 47.4. The predicted molar refractivity (Wildman–Crippen MR) is 149 cm³/mol. The summed E-state index contributed by atoms with van der Waals surface area (Å²) in [5, 5.41) is 4.94. The minimum absolute atomic E-state index is 1.12. The van der Waals surface area contributed by atoms with E-state index in [4.69, 9.17) is 0 Å². The fraction of sp³-hybridized carbons (Fsp3) is 0. The standard InChI is InChI=1S/C32H22BrN/c33-31-21-19-27(25-15-7-9-17-29(25)31)28-20-22-32(30-18-10-8-16-26(28)30)34(23-11-3-1-4-12-23)24-13-5-2-6-14-24/h1-22H. The first kappa shape index (κ1) is 20.7. The summed E-state index contributed by atoms with van der Waals surface area (Å²) in [6.07, 6.45) is 0. The lowest BCUT2D eigenvalue weighted by Crippen LogP contribution is -2.10. The van der Waals surface area contributed by atoms with Crippen LogP contribution in [-0.4, -0.2) is 0 Å². The highest BCUT2D eigenvalue weighted by Crippen LogP contribution is 2.43. The van der Waals surface area contributed by atoms with Crippen LogP contribution in [0.2, 0.25) is 0 Å². The number of benzene rings is 6. The Morgan fingerprint density at radius 3 is 1.41 bits per heavy atom. The molecule has 0 amide bonds. The molecular weight excluding hydrogens is 478 g/mol. The second-order valence-electron chi connectivity index (χ2n) is 8.32. The molecule has 34 heavy (non-hydrogen) atoms. The van der Waals surface area contributed by atoms with Crippen molar-refractivity contribution in [1.29, 1.82) is 0 Å². The zero-order valence-corrected chi connectivity index (χ0v) is 20.1. The molecule has 0 heterocycles. The lowest BCUT2D eigenvalue weighted by Gasteiger charge is -2.27. The van der Waals surface area contributed by atoms with Crippen LogP contribution in [0.15, 0.2) is 138 Å². The smallest absolute Gasteiger partial charge is 0.0540 e. The maximum atomic E-state index is 3.73. The molecule has 1 nitrogen and oxygen atoms in total. The van der Waals surface area contributed by atoms with Gasteiger partial charge in [0.1, 0.15) is 0 Å². The van der Waals surface area contributed by atoms with Crippen molar-refractivity contribution in [3.05, 3.63) is 138 Å². The average Bonchev–Trinajstić information content (AvgIpc) is 2.91. The summed E-state index contributed by atoms with van der Waals surface area (Å²) in [7, 11) is 0. The Kier molecular flexibility index (Phi) is 5.37. The largest absolute Gasteiger partial charge is 0.310 e. The van der Waals surface area contributed by atoms with E-state index in [9.17, 15) is 0 Å². The summed E-state index contributed by atoms with van der Waals surface area (Å²) in [5.41, 5.74) is 5.93. The monoisotopic (exact) mass is 499 g/mol. The third-order valence-corrected chi connectivity index (χ3v) is 7.02. The van der Waals surface area contributed by atoms with Crippen molar-refractivity contribution in [3.8, 4) is 11.1 Å². The first-order valence-corrected chi connectivity index (χ1v) is 12.2. The van der Waals surface area contributed by atoms with Crippen molar-refractivity contribution in [3.63, 3.8) is 0 Å². The third kappa shape index (κ3) is 3.57. The number of hydrogen-bond donors (Lipinski definition) is 0. The average molecular weight is 500 g/mol. The van der Waals surface area contributed by atoms with Crippen molar-refractivity contribution in [2.45, 2.75) is 0 Å². The van der Waals surface area contributed by atoms with E-state index in [1.54, 1.807) is 0 Å². The highest BCUT2D eigenvalue weighted by atomic mass is 79.9. The fourth-order valence-electron chi connectivity index (χ4n) is 4.79. The summed E-state index contributed by atoms with van der Waals surface area (Å²) in [5.74, 6) is 0. The van der Waals surface area contributed by atoms with Gasteiger partial charge in [-0.1, -0.05) is 113 Å². The lowest BCUT2D eigenvalue weighted by molar-refractivity contribution is 1.30. The van der Waals surface area contributed by atoms with Gasteiger partial charge in [0.15, 0.2) is 0 Å². The molecule has 2 heteroatoms. The minimum atomic E-state index is 1.12. The maximum absolute atomic E-state index is 3.73. The van der Waals surface area contributed by atoms with Gasteiger partial charge >= 0.3 is 0 Å². The number of fused-ring (bicyclic) bond motifs is 2. The fourth-order valence-corrected chi connectivity index (χ4v) is 5.27. The molecule has 0 saturated carbocycles. The zero-order valence-electron chi connectivity index (χ0n) is 18.5. The molecule has 0 aliphatic rings. The summed E-state index contributed by atoms with van der Waals surface area (Å²) in [6.45, 7) is 0. The van der Waals surface area contributed by atoms with Gasteiger partial charge in [-0.2, -0.15) is 0 Å². The van der Waals surface area contributed by atoms with Gasteiger partial charge in [0.2, 0.25) is 0 Å². The first-order valence-electron chi connectivity index (χ1n) is 11.4. The van der Waals surface area contributed by atoms with Crippen LogP contribution in [0.4, 0.5) is 17.1 Å². The molecule has 0 saturated heterocycles. The van der Waals surface area contributed by atoms with Crippen molar-refractivity contribution in [1.82, 2.24) is 0 Å². The molecule has 0 spiro atoms. The molecule has 0 aliphatic carbocycles. The van der Waals surface area contributed by atoms with Crippen LogP contribution in [0.3, 0.4) is 0 Å². The first-order chi connectivity index (χ1) is 16.8. The molecular formula is C32H22BrN. The lowest BCUT2D eigenvalue weighted by atomic mass is 9.93. The van der Waals surface area contributed by atoms with Gasteiger partial charge in [0, 0.05) is 21.2 Å². The number of anilines is 3. The molecule has 0 N–H and O–H groups in total. The van der Waals surface area contributed by atoms with Gasteiger partial charge in [-0.3, -0.25) is 0 Å². The molecule has 0 bridgehead atoms. The number of para-hydroxylation sites is 2. The van der Waals surface area contributed by atoms with Gasteiger partial charge < -0.3 is 4.90 Å². The molecule has 6 rings (SSSR count). The number of hydrogen-bond acceptors (Lipinski definition) is 1. The van der Waals surface area contributed by atoms with E-state index < -0.39 is 0 Å². The Labute approximate surface area is 208 Å². The Balaban J connectivity index is 1.63. The summed E-state index contributed by atoms with van der Waals surface area (Å²) >= 11 is 3.73. The highest BCUT2D eigenvalue weighted by Gasteiger charge is 2.17. The Bertz CT molecular complexity index is 1570. The van der Waals surface area contributed by atoms with Gasteiger partial charge in [-0.15, -0.1) is 0 Å². The van der Waals surface area contributed by atoms with E-state index in [0.717, 1.165) is 21.5 Å². The van der Waals surface area contributed by atoms with Gasteiger partial charge in [-0.05, 0) is 63.7 Å². The van der Waals surface area contributed by atoms with Gasteiger partial charge in [-0.25, -0.2) is 0 Å². The van der Waals surface area contributed by atoms with E-state index in [1.165, 1.54) is 32.7 Å². The van der Waals surface area contributed by atoms with E-state index in [1.807, 2.05) is 0 Å². The Hall–Kier alpha value is -3.88. The van der Waals surface area contributed by atoms with Crippen LogP contribution < -0.4 is 4.90 Å². The van der Waals surface area contributed by atoms with Crippen LogP contribution in [0, 0.1) is 0 Å². The van der Waals surface area contributed by atoms with E-state index in [0.29, 0.717) is 0 Å². The van der Waals surface area contributed by atoms with Crippen LogP contribution in [0.25, 0.3) is 32.7 Å². The second kappa shape index (κ2) is 8.81. The van der Waals surface area contributed by atoms with E-state index >= 15 is 0 Å². The number of halogens is 1. The Morgan fingerprint density at radius 1 is 0.382 bits per heavy atom. The van der Waals surface area contributed by atoms with Crippen LogP contribution >= 0.6 is 15.9 Å². The molecule has 6 aromatic carbocycles. The molecule has 0 radical (unpaired) electrons. The van der Waals surface area contributed by atoms with Gasteiger partial charge in [0.05, 0.1) is 5.69 Å². The molecule has 6 aromatic rings. The maximum Gasteiger partial charge on any atom is 0.0540 e. The van der Waals surface area contributed by atoms with E-state index in [-0.39, 0.29) is 0 Å².